The van der Waals surface area contributed by atoms with Crippen LogP contribution in [0.4, 0.5) is 5.69 Å². The maximum Gasteiger partial charge on any atom is 0.269 e. The first kappa shape index (κ1) is 13.7. The van der Waals surface area contributed by atoms with Gasteiger partial charge in [-0.05, 0) is 35.8 Å². The number of rotatable bonds is 3. The largest absolute Gasteiger partial charge is 0.392 e. The monoisotopic (exact) mass is 325 g/mol. The van der Waals surface area contributed by atoms with Crippen LogP contribution in [0, 0.1) is 24.0 Å². The van der Waals surface area contributed by atoms with E-state index in [2.05, 4.69) is 21.0 Å². The van der Waals surface area contributed by atoms with Crippen LogP contribution in [-0.4, -0.2) is 19.8 Å². The van der Waals surface area contributed by atoms with Crippen molar-refractivity contribution < 1.29 is 10.0 Å². The Hall–Kier alpha value is -1.73. The fraction of sp³-hybridized carbons (Fsp3) is 0.250. The molecule has 0 aliphatic heterocycles. The maximum absolute atomic E-state index is 10.7. The smallest absolute Gasteiger partial charge is 0.269 e. The molecule has 1 N–H and O–H groups in total. The van der Waals surface area contributed by atoms with E-state index in [1.165, 1.54) is 12.1 Å². The quantitative estimate of drug-likeness (QED) is 0.694. The molecule has 2 aromatic rings. The number of hydrogen-bond donors (Lipinski definition) is 1. The Bertz CT molecular complexity index is 652. The van der Waals surface area contributed by atoms with Crippen LogP contribution < -0.4 is 0 Å². The van der Waals surface area contributed by atoms with Gasteiger partial charge in [0.1, 0.15) is 0 Å². The lowest BCUT2D eigenvalue weighted by Crippen LogP contribution is -2.04. The molecular formula is C12H12BrN3O3. The Morgan fingerprint density at radius 2 is 2.16 bits per heavy atom. The summed E-state index contributed by atoms with van der Waals surface area (Å²) in [7, 11) is 0. The van der Waals surface area contributed by atoms with Gasteiger partial charge >= 0.3 is 0 Å². The summed E-state index contributed by atoms with van der Waals surface area (Å²) in [5, 5.41) is 24.5. The number of nitro benzene ring substituents is 1. The molecule has 1 aromatic heterocycles. The van der Waals surface area contributed by atoms with Gasteiger partial charge in [0.25, 0.3) is 5.69 Å². The van der Waals surface area contributed by atoms with Gasteiger partial charge in [-0.1, -0.05) is 0 Å². The van der Waals surface area contributed by atoms with Crippen molar-refractivity contribution in [2.75, 3.05) is 0 Å². The van der Waals surface area contributed by atoms with Crippen molar-refractivity contribution in [2.45, 2.75) is 20.5 Å². The van der Waals surface area contributed by atoms with Crippen LogP contribution >= 0.6 is 15.9 Å². The third-order valence-corrected chi connectivity index (χ3v) is 4.02. The van der Waals surface area contributed by atoms with E-state index >= 15 is 0 Å². The minimum Gasteiger partial charge on any atom is -0.392 e. The highest BCUT2D eigenvalue weighted by Gasteiger charge is 2.16. The maximum atomic E-state index is 10.7. The van der Waals surface area contributed by atoms with E-state index in [9.17, 15) is 15.2 Å². The normalized spacial score (nSPS) is 10.7. The first-order valence-electron chi connectivity index (χ1n) is 5.56. The summed E-state index contributed by atoms with van der Waals surface area (Å²) in [5.74, 6) is 0. The van der Waals surface area contributed by atoms with E-state index in [1.807, 2.05) is 13.8 Å². The van der Waals surface area contributed by atoms with Crippen molar-refractivity contribution in [1.82, 2.24) is 9.78 Å². The van der Waals surface area contributed by atoms with Crippen molar-refractivity contribution in [3.63, 3.8) is 0 Å². The van der Waals surface area contributed by atoms with Crippen molar-refractivity contribution in [1.29, 1.82) is 0 Å². The summed E-state index contributed by atoms with van der Waals surface area (Å²) >= 11 is 3.43. The summed E-state index contributed by atoms with van der Waals surface area (Å²) in [6.45, 7) is 3.46. The number of hydrogen-bond acceptors (Lipinski definition) is 4. The molecule has 19 heavy (non-hydrogen) atoms. The molecular weight excluding hydrogens is 314 g/mol. The fourth-order valence-corrected chi connectivity index (χ4v) is 2.12. The summed E-state index contributed by atoms with van der Waals surface area (Å²) in [6, 6.07) is 4.36. The highest BCUT2D eigenvalue weighted by Crippen LogP contribution is 2.26. The number of benzene rings is 1. The molecule has 2 rings (SSSR count). The van der Waals surface area contributed by atoms with Gasteiger partial charge in [0.05, 0.1) is 33.1 Å². The van der Waals surface area contributed by atoms with Gasteiger partial charge in [0.15, 0.2) is 0 Å². The molecule has 0 spiro atoms. The Morgan fingerprint density at radius 3 is 2.63 bits per heavy atom. The zero-order valence-electron chi connectivity index (χ0n) is 10.4. The van der Waals surface area contributed by atoms with Crippen molar-refractivity contribution in [3.8, 4) is 5.69 Å². The van der Waals surface area contributed by atoms with Crippen LogP contribution in [0.2, 0.25) is 0 Å². The summed E-state index contributed by atoms with van der Waals surface area (Å²) in [4.78, 5) is 10.2. The molecule has 6 nitrogen and oxygen atoms in total. The SMILES string of the molecule is Cc1nn(-c2ccc([N+](=O)[O-])cc2CO)c(C)c1Br. The second kappa shape index (κ2) is 5.10. The zero-order chi connectivity index (χ0) is 14.2. The standard InChI is InChI=1S/C12H12BrN3O3/c1-7-12(13)8(2)15(14-7)11-4-3-10(16(18)19)5-9(11)6-17/h3-5,17H,6H2,1-2H3. The molecule has 1 aromatic carbocycles. The van der Waals surface area contributed by atoms with Crippen molar-refractivity contribution >= 4 is 21.6 Å². The van der Waals surface area contributed by atoms with E-state index in [0.717, 1.165) is 15.9 Å². The van der Waals surface area contributed by atoms with Gasteiger partial charge < -0.3 is 5.11 Å². The first-order valence-corrected chi connectivity index (χ1v) is 6.35. The van der Waals surface area contributed by atoms with E-state index in [0.29, 0.717) is 11.3 Å². The van der Waals surface area contributed by atoms with Crippen LogP contribution in [0.5, 0.6) is 0 Å². The molecule has 0 aliphatic rings. The number of nitrogens with zero attached hydrogens (tertiary/aromatic N) is 3. The van der Waals surface area contributed by atoms with E-state index < -0.39 is 4.92 Å². The Kier molecular flexibility index (Phi) is 3.68. The number of non-ortho nitro benzene ring substituents is 1. The Labute approximate surface area is 118 Å². The average Bonchev–Trinajstić information content (AvgIpc) is 2.65. The third kappa shape index (κ3) is 2.39. The molecule has 0 bridgehead atoms. The van der Waals surface area contributed by atoms with Gasteiger partial charge in [-0.2, -0.15) is 5.10 Å². The molecule has 0 atom stereocenters. The van der Waals surface area contributed by atoms with Gasteiger partial charge in [0, 0.05) is 17.7 Å². The van der Waals surface area contributed by atoms with Gasteiger partial charge in [-0.3, -0.25) is 10.1 Å². The molecule has 0 amide bonds. The Balaban J connectivity index is 2.62. The zero-order valence-corrected chi connectivity index (χ0v) is 12.0. The fourth-order valence-electron chi connectivity index (χ4n) is 1.88. The van der Waals surface area contributed by atoms with Gasteiger partial charge in [0.2, 0.25) is 0 Å². The van der Waals surface area contributed by atoms with E-state index in [4.69, 9.17) is 0 Å². The van der Waals surface area contributed by atoms with Crippen LogP contribution in [0.3, 0.4) is 0 Å². The lowest BCUT2D eigenvalue weighted by molar-refractivity contribution is -0.384. The lowest BCUT2D eigenvalue weighted by atomic mass is 10.1. The van der Waals surface area contributed by atoms with Crippen LogP contribution in [0.25, 0.3) is 5.69 Å². The van der Waals surface area contributed by atoms with E-state index in [-0.39, 0.29) is 12.3 Å². The van der Waals surface area contributed by atoms with Crippen molar-refractivity contribution in [2.24, 2.45) is 0 Å². The number of aliphatic hydroxyl groups excluding tert-OH is 1. The van der Waals surface area contributed by atoms with Crippen LogP contribution in [0.15, 0.2) is 22.7 Å². The number of halogens is 1. The molecule has 7 heteroatoms. The molecule has 0 saturated carbocycles. The highest BCUT2D eigenvalue weighted by atomic mass is 79.9. The third-order valence-electron chi connectivity index (χ3n) is 2.88. The predicted molar refractivity (Wildman–Crippen MR) is 73.3 cm³/mol. The molecule has 0 saturated heterocycles. The van der Waals surface area contributed by atoms with Gasteiger partial charge in [-0.15, -0.1) is 0 Å². The summed E-state index contributed by atoms with van der Waals surface area (Å²) < 4.78 is 2.55. The lowest BCUT2D eigenvalue weighted by Gasteiger charge is -2.09. The molecule has 0 aliphatic carbocycles. The average molecular weight is 326 g/mol. The minimum absolute atomic E-state index is 0.0478. The van der Waals surface area contributed by atoms with Gasteiger partial charge in [-0.25, -0.2) is 4.68 Å². The number of nitro groups is 1. The minimum atomic E-state index is -0.486. The topological polar surface area (TPSA) is 81.2 Å². The van der Waals surface area contributed by atoms with Crippen molar-refractivity contribution in [3.05, 3.63) is 49.7 Å². The number of aryl methyl sites for hydroxylation is 1. The highest BCUT2D eigenvalue weighted by molar-refractivity contribution is 9.10. The summed E-state index contributed by atoms with van der Waals surface area (Å²) in [5.41, 5.74) is 2.75. The molecule has 0 radical (unpaired) electrons. The predicted octanol–water partition coefficient (Wildman–Crippen LogP) is 2.65. The summed E-state index contributed by atoms with van der Waals surface area (Å²) in [6.07, 6.45) is 0. The number of aliphatic hydroxyl groups is 1. The Morgan fingerprint density at radius 1 is 1.47 bits per heavy atom. The van der Waals surface area contributed by atoms with Crippen LogP contribution in [-0.2, 0) is 6.61 Å². The van der Waals surface area contributed by atoms with E-state index in [1.54, 1.807) is 10.7 Å². The second-order valence-corrected chi connectivity index (χ2v) is 4.92. The van der Waals surface area contributed by atoms with Crippen LogP contribution in [0.1, 0.15) is 17.0 Å². The molecule has 0 fully saturated rings. The molecule has 100 valence electrons. The second-order valence-electron chi connectivity index (χ2n) is 4.12. The molecule has 1 heterocycles. The number of aromatic nitrogens is 2. The molecule has 0 unspecified atom stereocenters. The first-order chi connectivity index (χ1) is 8.95.